The minimum Gasteiger partial charge on any atom is -0.414 e. The van der Waals surface area contributed by atoms with Crippen molar-refractivity contribution in [3.8, 4) is 0 Å². The molecule has 5 heteroatoms. The molecule has 0 atom stereocenters. The number of cyclic esters (lactones) is 2. The van der Waals surface area contributed by atoms with Gasteiger partial charge in [-0.3, -0.25) is 0 Å². The van der Waals surface area contributed by atoms with Gasteiger partial charge in [0.1, 0.15) is 0 Å². The second kappa shape index (κ2) is 4.94. The van der Waals surface area contributed by atoms with E-state index in [0.717, 1.165) is 0 Å². The topological polar surface area (TPSA) is 64.6 Å². The molecule has 2 aliphatic heterocycles. The minimum atomic E-state index is -1.40. The maximum atomic E-state index is 12.2. The number of hydrogen-bond acceptors (Lipinski definition) is 5. The third-order valence-electron chi connectivity index (χ3n) is 3.29. The van der Waals surface area contributed by atoms with Gasteiger partial charge < -0.3 is 14.8 Å². The Kier molecular flexibility index (Phi) is 3.10. The summed E-state index contributed by atoms with van der Waals surface area (Å²) in [4.78, 5) is 24.4. The first kappa shape index (κ1) is 13.2. The third-order valence-corrected chi connectivity index (χ3v) is 3.29. The summed E-state index contributed by atoms with van der Waals surface area (Å²) < 4.78 is 10.7. The molecule has 0 spiro atoms. The SMILES string of the molecule is CC1(c2ccccc2)OC(=O)C(=C2C=CNC=C2)C(=O)O1. The predicted octanol–water partition coefficient (Wildman–Crippen LogP) is 1.89. The van der Waals surface area contributed by atoms with Crippen LogP contribution in [0.15, 0.2) is 66.0 Å². The zero-order valence-corrected chi connectivity index (χ0v) is 11.3. The first-order valence-electron chi connectivity index (χ1n) is 6.46. The van der Waals surface area contributed by atoms with Crippen LogP contribution in [-0.4, -0.2) is 11.9 Å². The van der Waals surface area contributed by atoms with Gasteiger partial charge in [-0.05, 0) is 17.7 Å². The quantitative estimate of drug-likeness (QED) is 0.484. The lowest BCUT2D eigenvalue weighted by Gasteiger charge is -2.34. The van der Waals surface area contributed by atoms with Gasteiger partial charge in [-0.25, -0.2) is 9.59 Å². The number of nitrogens with one attached hydrogen (secondary N) is 1. The van der Waals surface area contributed by atoms with E-state index >= 15 is 0 Å². The van der Waals surface area contributed by atoms with E-state index < -0.39 is 17.7 Å². The summed E-state index contributed by atoms with van der Waals surface area (Å²) in [5, 5.41) is 2.83. The molecule has 2 aliphatic rings. The lowest BCUT2D eigenvalue weighted by Crippen LogP contribution is -2.42. The van der Waals surface area contributed by atoms with Crippen molar-refractivity contribution in [2.75, 3.05) is 0 Å². The van der Waals surface area contributed by atoms with Crippen LogP contribution >= 0.6 is 0 Å². The van der Waals surface area contributed by atoms with E-state index in [-0.39, 0.29) is 5.57 Å². The third kappa shape index (κ3) is 2.33. The lowest BCUT2D eigenvalue weighted by molar-refractivity contribution is -0.234. The molecule has 21 heavy (non-hydrogen) atoms. The van der Waals surface area contributed by atoms with E-state index in [9.17, 15) is 9.59 Å². The Hall–Kier alpha value is -2.82. The Morgan fingerprint density at radius 3 is 2.10 bits per heavy atom. The van der Waals surface area contributed by atoms with Crippen molar-refractivity contribution >= 4 is 11.9 Å². The number of hydrogen-bond donors (Lipinski definition) is 1. The monoisotopic (exact) mass is 283 g/mol. The van der Waals surface area contributed by atoms with Crippen LogP contribution in [-0.2, 0) is 24.8 Å². The van der Waals surface area contributed by atoms with Crippen molar-refractivity contribution in [3.05, 3.63) is 71.6 Å². The van der Waals surface area contributed by atoms with Gasteiger partial charge in [-0.1, -0.05) is 30.3 Å². The van der Waals surface area contributed by atoms with Crippen LogP contribution in [0, 0.1) is 0 Å². The summed E-state index contributed by atoms with van der Waals surface area (Å²) in [5.41, 5.74) is 0.961. The summed E-state index contributed by atoms with van der Waals surface area (Å²) in [7, 11) is 0. The van der Waals surface area contributed by atoms with Gasteiger partial charge in [0.05, 0.1) is 0 Å². The van der Waals surface area contributed by atoms with Gasteiger partial charge in [0, 0.05) is 24.9 Å². The van der Waals surface area contributed by atoms with Gasteiger partial charge >= 0.3 is 11.9 Å². The van der Waals surface area contributed by atoms with E-state index in [1.165, 1.54) is 0 Å². The number of rotatable bonds is 1. The van der Waals surface area contributed by atoms with Gasteiger partial charge in [0.2, 0.25) is 0 Å². The minimum absolute atomic E-state index is 0.0996. The van der Waals surface area contributed by atoms with E-state index in [4.69, 9.17) is 9.47 Å². The summed E-state index contributed by atoms with van der Waals surface area (Å²) in [6.45, 7) is 1.55. The summed E-state index contributed by atoms with van der Waals surface area (Å²) >= 11 is 0. The van der Waals surface area contributed by atoms with Gasteiger partial charge in [-0.2, -0.15) is 0 Å². The van der Waals surface area contributed by atoms with Crippen LogP contribution in [0.3, 0.4) is 0 Å². The van der Waals surface area contributed by atoms with Crippen LogP contribution in [0.2, 0.25) is 0 Å². The number of ether oxygens (including phenoxy) is 2. The highest BCUT2D eigenvalue weighted by Gasteiger charge is 2.44. The van der Waals surface area contributed by atoms with Crippen LogP contribution in [0.1, 0.15) is 12.5 Å². The molecule has 0 saturated carbocycles. The molecule has 0 aromatic heterocycles. The zero-order valence-electron chi connectivity index (χ0n) is 11.3. The Morgan fingerprint density at radius 1 is 0.952 bits per heavy atom. The maximum absolute atomic E-state index is 12.2. The number of allylic oxidation sites excluding steroid dienone is 3. The normalized spacial score (nSPS) is 24.4. The van der Waals surface area contributed by atoms with Crippen LogP contribution in [0.25, 0.3) is 0 Å². The highest BCUT2D eigenvalue weighted by Crippen LogP contribution is 2.34. The fourth-order valence-electron chi connectivity index (χ4n) is 2.21. The molecule has 0 amide bonds. The lowest BCUT2D eigenvalue weighted by atomic mass is 10.0. The van der Waals surface area contributed by atoms with Gasteiger partial charge in [-0.15, -0.1) is 0 Å². The number of esters is 2. The van der Waals surface area contributed by atoms with Crippen LogP contribution in [0.4, 0.5) is 0 Å². The van der Waals surface area contributed by atoms with Crippen molar-refractivity contribution in [3.63, 3.8) is 0 Å². The second-order valence-corrected chi connectivity index (χ2v) is 4.75. The summed E-state index contributed by atoms with van der Waals surface area (Å²) in [5.74, 6) is -2.78. The molecule has 0 bridgehead atoms. The first-order chi connectivity index (χ1) is 10.1. The van der Waals surface area contributed by atoms with Gasteiger partial charge in [0.15, 0.2) is 5.57 Å². The average molecular weight is 283 g/mol. The molecule has 1 aromatic carbocycles. The Bertz CT molecular complexity index is 651. The molecule has 106 valence electrons. The molecule has 1 fully saturated rings. The maximum Gasteiger partial charge on any atom is 0.349 e. The average Bonchev–Trinajstić information content (AvgIpc) is 2.48. The summed E-state index contributed by atoms with van der Waals surface area (Å²) in [6, 6.07) is 8.88. The molecule has 1 aromatic rings. The number of dihydropyridines is 1. The zero-order chi connectivity index (χ0) is 14.9. The Labute approximate surface area is 121 Å². The van der Waals surface area contributed by atoms with Crippen molar-refractivity contribution < 1.29 is 19.1 Å². The Balaban J connectivity index is 1.97. The van der Waals surface area contributed by atoms with Crippen molar-refractivity contribution in [1.82, 2.24) is 5.32 Å². The van der Waals surface area contributed by atoms with Gasteiger partial charge in [0.25, 0.3) is 5.79 Å². The number of carbonyl (C=O) groups is 2. The van der Waals surface area contributed by atoms with Crippen molar-refractivity contribution in [1.29, 1.82) is 0 Å². The first-order valence-corrected chi connectivity index (χ1v) is 6.46. The molecule has 0 radical (unpaired) electrons. The fraction of sp³-hybridized carbons (Fsp3) is 0.125. The highest BCUT2D eigenvalue weighted by atomic mass is 16.7. The van der Waals surface area contributed by atoms with E-state index in [2.05, 4.69) is 5.32 Å². The second-order valence-electron chi connectivity index (χ2n) is 4.75. The van der Waals surface area contributed by atoms with Crippen LogP contribution < -0.4 is 5.32 Å². The molecule has 0 unspecified atom stereocenters. The van der Waals surface area contributed by atoms with Crippen molar-refractivity contribution in [2.24, 2.45) is 0 Å². The largest absolute Gasteiger partial charge is 0.414 e. The number of benzene rings is 1. The summed E-state index contributed by atoms with van der Waals surface area (Å²) in [6.07, 6.45) is 6.47. The van der Waals surface area contributed by atoms with Crippen LogP contribution in [0.5, 0.6) is 0 Å². The molecular formula is C16H13NO4. The molecule has 3 rings (SSSR count). The van der Waals surface area contributed by atoms with E-state index in [1.807, 2.05) is 6.07 Å². The smallest absolute Gasteiger partial charge is 0.349 e. The standard InChI is InChI=1S/C16H13NO4/c1-16(12-5-3-2-4-6-12)20-14(18)13(15(19)21-16)11-7-9-17-10-8-11/h2-10,17H,1H3. The molecule has 1 N–H and O–H groups in total. The number of carbonyl (C=O) groups excluding carboxylic acids is 2. The predicted molar refractivity (Wildman–Crippen MR) is 74.4 cm³/mol. The fourth-order valence-corrected chi connectivity index (χ4v) is 2.21. The molecule has 0 aliphatic carbocycles. The highest BCUT2D eigenvalue weighted by molar-refractivity contribution is 6.16. The molecule has 5 nitrogen and oxygen atoms in total. The van der Waals surface area contributed by atoms with E-state index in [0.29, 0.717) is 11.1 Å². The Morgan fingerprint density at radius 2 is 1.52 bits per heavy atom. The molecular weight excluding hydrogens is 270 g/mol. The molecule has 1 saturated heterocycles. The van der Waals surface area contributed by atoms with Crippen molar-refractivity contribution in [2.45, 2.75) is 12.7 Å². The molecule has 2 heterocycles. The van der Waals surface area contributed by atoms with E-state index in [1.54, 1.807) is 55.7 Å².